The number of allylic oxidation sites excluding steroid dienone is 8. The summed E-state index contributed by atoms with van der Waals surface area (Å²) in [6, 6.07) is 0. The van der Waals surface area contributed by atoms with Crippen LogP contribution in [-0.4, -0.2) is 25.5 Å². The van der Waals surface area contributed by atoms with Crippen LogP contribution in [0, 0.1) is 17.6 Å². The van der Waals surface area contributed by atoms with Crippen LogP contribution < -0.4 is 24.8 Å². The fourth-order valence-electron chi connectivity index (χ4n) is 2.61. The average molecular weight is 448 g/mol. The predicted octanol–water partition coefficient (Wildman–Crippen LogP) is -0.865. The Labute approximate surface area is 181 Å². The molecule has 0 bridgehead atoms. The minimum atomic E-state index is 0. The molecule has 0 saturated heterocycles. The van der Waals surface area contributed by atoms with Gasteiger partial charge in [0.25, 0.3) is 0 Å². The van der Waals surface area contributed by atoms with Gasteiger partial charge in [-0.25, -0.2) is 17.2 Å². The summed E-state index contributed by atoms with van der Waals surface area (Å²) in [4.78, 5) is 2.22. The van der Waals surface area contributed by atoms with Crippen molar-refractivity contribution in [3.63, 3.8) is 0 Å². The van der Waals surface area contributed by atoms with Crippen LogP contribution in [0.3, 0.4) is 0 Å². The standard InChI is InChI=1S/C10H16N.C10H15.2ClH.Zr/c1-11(2)9-5-8-10-6-3-4-7-10;1-7-6-10(4,5)9(3)8(7)2;;;/h3,6H,4-5,8-9H2,1-2H3;1-5H3;2*1H;/q2*-1;;;+4/p-2. The molecule has 0 heterocycles. The van der Waals surface area contributed by atoms with Crippen molar-refractivity contribution in [1.29, 1.82) is 0 Å². The Morgan fingerprint density at radius 1 is 1.12 bits per heavy atom. The van der Waals surface area contributed by atoms with E-state index in [0.29, 0.717) is 0 Å². The molecule has 2 aliphatic rings. The van der Waals surface area contributed by atoms with Crippen LogP contribution in [0.2, 0.25) is 0 Å². The molecule has 1 nitrogen and oxygen atoms in total. The first-order valence-electron chi connectivity index (χ1n) is 7.95. The average Bonchev–Trinajstić information content (AvgIpc) is 2.95. The number of hydrogen-bond donors (Lipinski definition) is 0. The Kier molecular flexibility index (Phi) is 16.5. The van der Waals surface area contributed by atoms with Gasteiger partial charge >= 0.3 is 26.2 Å². The molecule has 4 heteroatoms. The summed E-state index contributed by atoms with van der Waals surface area (Å²) in [5, 5.41) is 0. The van der Waals surface area contributed by atoms with Gasteiger partial charge in [-0.2, -0.15) is 17.2 Å². The van der Waals surface area contributed by atoms with Crippen molar-refractivity contribution in [2.45, 2.75) is 53.9 Å². The number of hydrogen-bond acceptors (Lipinski definition) is 1. The Bertz CT molecular complexity index is 486. The molecule has 0 aliphatic heterocycles. The molecule has 0 spiro atoms. The van der Waals surface area contributed by atoms with Crippen LogP contribution in [0.15, 0.2) is 34.4 Å². The normalized spacial score (nSPS) is 17.2. The van der Waals surface area contributed by atoms with Crippen LogP contribution in [0.4, 0.5) is 0 Å². The zero-order valence-corrected chi connectivity index (χ0v) is 20.2. The first-order chi connectivity index (χ1) is 9.74. The van der Waals surface area contributed by atoms with E-state index < -0.39 is 0 Å². The molecular weight excluding hydrogens is 416 g/mol. The second-order valence-corrected chi connectivity index (χ2v) is 6.84. The molecule has 0 aromatic heterocycles. The monoisotopic (exact) mass is 445 g/mol. The molecule has 24 heavy (non-hydrogen) atoms. The van der Waals surface area contributed by atoms with E-state index >= 15 is 0 Å². The van der Waals surface area contributed by atoms with Gasteiger partial charge in [0, 0.05) is 0 Å². The minimum absolute atomic E-state index is 0. The van der Waals surface area contributed by atoms with Gasteiger partial charge in [0.15, 0.2) is 0 Å². The van der Waals surface area contributed by atoms with Crippen molar-refractivity contribution in [2.24, 2.45) is 5.41 Å². The van der Waals surface area contributed by atoms with Crippen molar-refractivity contribution in [3.05, 3.63) is 46.6 Å². The maximum Gasteiger partial charge on any atom is 4.00 e. The maximum atomic E-state index is 3.44. The Morgan fingerprint density at radius 2 is 1.71 bits per heavy atom. The Balaban J connectivity index is -0.000000328. The van der Waals surface area contributed by atoms with E-state index in [0.717, 1.165) is 6.42 Å². The molecule has 0 aromatic rings. The minimum Gasteiger partial charge on any atom is -1.00 e. The number of nitrogens with zero attached hydrogens (tertiary/aromatic N) is 1. The SMILES string of the molecule is CC1=[C-]C(C)(C)C(C)=C1C.CN(C)CCCC1=[C-]CC=C1.[Cl-].[Cl-].[Zr+4]. The zero-order chi connectivity index (χ0) is 16.0. The number of halogens is 2. The van der Waals surface area contributed by atoms with Gasteiger partial charge in [0.1, 0.15) is 0 Å². The number of rotatable bonds is 4. The predicted molar refractivity (Wildman–Crippen MR) is 92.9 cm³/mol. The van der Waals surface area contributed by atoms with Crippen LogP contribution in [0.5, 0.6) is 0 Å². The molecule has 0 fully saturated rings. The van der Waals surface area contributed by atoms with Crippen LogP contribution in [-0.2, 0) is 26.2 Å². The van der Waals surface area contributed by atoms with E-state index in [1.807, 2.05) is 0 Å². The second kappa shape index (κ2) is 13.6. The Hall–Kier alpha value is 0.383. The van der Waals surface area contributed by atoms with Gasteiger partial charge in [-0.15, -0.1) is 13.3 Å². The van der Waals surface area contributed by atoms with Gasteiger partial charge in [-0.1, -0.05) is 39.5 Å². The van der Waals surface area contributed by atoms with Crippen molar-refractivity contribution < 1.29 is 51.0 Å². The fourth-order valence-corrected chi connectivity index (χ4v) is 2.61. The van der Waals surface area contributed by atoms with Crippen molar-refractivity contribution in [2.75, 3.05) is 20.6 Å². The molecule has 0 saturated carbocycles. The summed E-state index contributed by atoms with van der Waals surface area (Å²) >= 11 is 0. The largest absolute Gasteiger partial charge is 4.00 e. The third kappa shape index (κ3) is 9.76. The summed E-state index contributed by atoms with van der Waals surface area (Å²) in [5.41, 5.74) is 5.79. The molecule has 0 aromatic carbocycles. The van der Waals surface area contributed by atoms with E-state index in [1.165, 1.54) is 41.7 Å². The maximum absolute atomic E-state index is 3.44. The van der Waals surface area contributed by atoms with E-state index in [9.17, 15) is 0 Å². The van der Waals surface area contributed by atoms with Crippen molar-refractivity contribution in [1.82, 2.24) is 4.90 Å². The fraction of sp³-hybridized carbons (Fsp3) is 0.600. The van der Waals surface area contributed by atoms with Crippen molar-refractivity contribution in [3.8, 4) is 0 Å². The van der Waals surface area contributed by atoms with Crippen molar-refractivity contribution >= 4 is 0 Å². The first kappa shape index (κ1) is 29.2. The van der Waals surface area contributed by atoms with Crippen LogP contribution in [0.25, 0.3) is 0 Å². The van der Waals surface area contributed by atoms with E-state index in [2.05, 4.69) is 77.9 Å². The van der Waals surface area contributed by atoms with Gasteiger partial charge in [0.2, 0.25) is 0 Å². The third-order valence-corrected chi connectivity index (χ3v) is 4.38. The molecule has 0 atom stereocenters. The van der Waals surface area contributed by atoms with E-state index in [-0.39, 0.29) is 56.4 Å². The Morgan fingerprint density at radius 3 is 2.00 bits per heavy atom. The molecule has 0 amide bonds. The van der Waals surface area contributed by atoms with Gasteiger partial charge in [-0.05, 0) is 27.1 Å². The van der Waals surface area contributed by atoms with Crippen LogP contribution >= 0.6 is 0 Å². The summed E-state index contributed by atoms with van der Waals surface area (Å²) in [7, 11) is 4.23. The van der Waals surface area contributed by atoms with Gasteiger partial charge in [0.05, 0.1) is 0 Å². The third-order valence-electron chi connectivity index (χ3n) is 4.38. The van der Waals surface area contributed by atoms with E-state index in [4.69, 9.17) is 0 Å². The molecule has 2 aliphatic carbocycles. The summed E-state index contributed by atoms with van der Waals surface area (Å²) < 4.78 is 0. The van der Waals surface area contributed by atoms with Gasteiger partial charge < -0.3 is 29.7 Å². The smallest absolute Gasteiger partial charge is 1.00 e. The first-order valence-corrected chi connectivity index (χ1v) is 7.95. The van der Waals surface area contributed by atoms with Gasteiger partial charge in [-0.3, -0.25) is 12.2 Å². The molecule has 0 N–H and O–H groups in total. The summed E-state index contributed by atoms with van der Waals surface area (Å²) in [6.07, 6.45) is 14.6. The van der Waals surface area contributed by atoms with E-state index in [1.54, 1.807) is 0 Å². The second-order valence-electron chi connectivity index (χ2n) is 6.84. The molecule has 2 rings (SSSR count). The topological polar surface area (TPSA) is 3.24 Å². The molecule has 0 radical (unpaired) electrons. The molecule has 134 valence electrons. The summed E-state index contributed by atoms with van der Waals surface area (Å²) in [6.45, 7) is 12.1. The van der Waals surface area contributed by atoms with Crippen LogP contribution in [0.1, 0.15) is 53.9 Å². The quantitative estimate of drug-likeness (QED) is 0.507. The molecule has 0 unspecified atom stereocenters. The summed E-state index contributed by atoms with van der Waals surface area (Å²) in [5.74, 6) is 0. The molecular formula is C20H31Cl2NZr. The zero-order valence-electron chi connectivity index (χ0n) is 16.2.